The van der Waals surface area contributed by atoms with E-state index in [1.54, 1.807) is 11.6 Å². The van der Waals surface area contributed by atoms with Gasteiger partial charge in [-0.15, -0.1) is 0 Å². The fraction of sp³-hybridized carbons (Fsp3) is 0.471. The summed E-state index contributed by atoms with van der Waals surface area (Å²) in [6.45, 7) is 5.72. The molecule has 2 aromatic rings. The van der Waals surface area contributed by atoms with Gasteiger partial charge in [0.1, 0.15) is 5.82 Å². The van der Waals surface area contributed by atoms with Crippen LogP contribution in [0.5, 0.6) is 0 Å². The highest BCUT2D eigenvalue weighted by Gasteiger charge is 2.21. The number of aliphatic hydroxyl groups is 1. The van der Waals surface area contributed by atoms with Crippen LogP contribution in [0.15, 0.2) is 30.3 Å². The normalized spacial score (nSPS) is 14.1. The number of aliphatic hydroxyl groups excluding tert-OH is 1. The lowest BCUT2D eigenvalue weighted by Crippen LogP contribution is -2.24. The van der Waals surface area contributed by atoms with Crippen molar-refractivity contribution in [2.75, 3.05) is 5.73 Å². The maximum Gasteiger partial charge on any atom is 0.125 e. The smallest absolute Gasteiger partial charge is 0.125 e. The molecule has 2 unspecified atom stereocenters. The second-order valence-electron chi connectivity index (χ2n) is 5.73. The van der Waals surface area contributed by atoms with E-state index in [4.69, 9.17) is 5.73 Å². The molecule has 3 N–H and O–H groups in total. The van der Waals surface area contributed by atoms with Gasteiger partial charge in [-0.3, -0.25) is 0 Å². The number of nitrogen functional groups attached to an aromatic ring is 1. The van der Waals surface area contributed by atoms with Gasteiger partial charge in [0, 0.05) is 5.56 Å². The summed E-state index contributed by atoms with van der Waals surface area (Å²) in [7, 11) is 0. The predicted octanol–water partition coefficient (Wildman–Crippen LogP) is 3.03. The molecule has 2 atom stereocenters. The monoisotopic (exact) mass is 287 g/mol. The number of aryl methyl sites for hydroxylation is 2. The van der Waals surface area contributed by atoms with E-state index in [1.165, 1.54) is 5.56 Å². The third-order valence-electron chi connectivity index (χ3n) is 4.11. The predicted molar refractivity (Wildman–Crippen MR) is 86.2 cm³/mol. The van der Waals surface area contributed by atoms with E-state index in [0.717, 1.165) is 30.5 Å². The second-order valence-corrected chi connectivity index (χ2v) is 5.73. The first-order valence-corrected chi connectivity index (χ1v) is 7.54. The van der Waals surface area contributed by atoms with Crippen LogP contribution < -0.4 is 5.73 Å². The van der Waals surface area contributed by atoms with Crippen LogP contribution in [-0.4, -0.2) is 21.0 Å². The van der Waals surface area contributed by atoms with Crippen LogP contribution in [0.1, 0.15) is 42.6 Å². The van der Waals surface area contributed by atoms with Gasteiger partial charge in [-0.25, -0.2) is 4.68 Å². The molecule has 0 aliphatic carbocycles. The van der Waals surface area contributed by atoms with Crippen LogP contribution in [0.3, 0.4) is 0 Å². The molecule has 2 rings (SSSR count). The Morgan fingerprint density at radius 2 is 1.90 bits per heavy atom. The van der Waals surface area contributed by atoms with E-state index in [2.05, 4.69) is 29.4 Å². The second kappa shape index (κ2) is 6.76. The zero-order valence-electron chi connectivity index (χ0n) is 13.1. The lowest BCUT2D eigenvalue weighted by atomic mass is 10.0. The van der Waals surface area contributed by atoms with Gasteiger partial charge in [0.2, 0.25) is 0 Å². The fourth-order valence-electron chi connectivity index (χ4n) is 2.63. The maximum atomic E-state index is 10.1. The van der Waals surface area contributed by atoms with E-state index in [9.17, 15) is 5.11 Å². The van der Waals surface area contributed by atoms with E-state index in [0.29, 0.717) is 5.82 Å². The number of benzene rings is 1. The summed E-state index contributed by atoms with van der Waals surface area (Å²) in [6, 6.07) is 10.3. The van der Waals surface area contributed by atoms with Gasteiger partial charge in [-0.05, 0) is 45.6 Å². The first-order chi connectivity index (χ1) is 10.0. The number of hydrogen-bond acceptors (Lipinski definition) is 3. The largest absolute Gasteiger partial charge is 0.391 e. The van der Waals surface area contributed by atoms with Crippen molar-refractivity contribution in [2.45, 2.75) is 52.2 Å². The topological polar surface area (TPSA) is 64.1 Å². The highest BCUT2D eigenvalue weighted by atomic mass is 16.3. The molecule has 0 aliphatic heterocycles. The van der Waals surface area contributed by atoms with E-state index >= 15 is 0 Å². The van der Waals surface area contributed by atoms with Crippen molar-refractivity contribution < 1.29 is 5.11 Å². The Labute approximate surface area is 126 Å². The zero-order valence-corrected chi connectivity index (χ0v) is 13.1. The number of aromatic nitrogens is 2. The number of nitrogens with two attached hydrogens (primary N) is 1. The van der Waals surface area contributed by atoms with Crippen LogP contribution in [0.25, 0.3) is 0 Å². The van der Waals surface area contributed by atoms with Crippen molar-refractivity contribution in [1.29, 1.82) is 0 Å². The van der Waals surface area contributed by atoms with Crippen molar-refractivity contribution in [3.05, 3.63) is 47.2 Å². The molecular formula is C17H25N3O. The minimum absolute atomic E-state index is 0.0684. The van der Waals surface area contributed by atoms with Crippen LogP contribution in [0.4, 0.5) is 5.82 Å². The van der Waals surface area contributed by atoms with E-state index in [1.807, 2.05) is 19.9 Å². The molecule has 21 heavy (non-hydrogen) atoms. The van der Waals surface area contributed by atoms with Gasteiger partial charge < -0.3 is 10.8 Å². The quantitative estimate of drug-likeness (QED) is 0.858. The molecule has 4 nitrogen and oxygen atoms in total. The summed E-state index contributed by atoms with van der Waals surface area (Å²) >= 11 is 0. The molecule has 0 aliphatic rings. The van der Waals surface area contributed by atoms with Gasteiger partial charge in [0.15, 0.2) is 0 Å². The highest BCUT2D eigenvalue weighted by Crippen LogP contribution is 2.25. The van der Waals surface area contributed by atoms with E-state index in [-0.39, 0.29) is 6.04 Å². The SMILES string of the molecule is Cc1nn(C(CCCc2ccccc2)C(C)O)c(N)c1C. The van der Waals surface area contributed by atoms with Crippen molar-refractivity contribution in [1.82, 2.24) is 9.78 Å². The molecule has 4 heteroatoms. The summed E-state index contributed by atoms with van der Waals surface area (Å²) < 4.78 is 1.79. The Kier molecular flexibility index (Phi) is 5.02. The van der Waals surface area contributed by atoms with Gasteiger partial charge in [-0.2, -0.15) is 5.10 Å². The summed E-state index contributed by atoms with van der Waals surface area (Å²) in [4.78, 5) is 0. The molecule has 1 heterocycles. The standard InChI is InChI=1S/C17H25N3O/c1-12-13(2)19-20(17(12)18)16(14(3)21)11-7-10-15-8-5-4-6-9-15/h4-6,8-9,14,16,21H,7,10-11,18H2,1-3H3. The molecule has 1 aromatic heterocycles. The number of anilines is 1. The molecule has 0 fully saturated rings. The fourth-order valence-corrected chi connectivity index (χ4v) is 2.63. The van der Waals surface area contributed by atoms with Crippen LogP contribution >= 0.6 is 0 Å². The minimum Gasteiger partial charge on any atom is -0.391 e. The Hall–Kier alpha value is -1.81. The maximum absolute atomic E-state index is 10.1. The summed E-state index contributed by atoms with van der Waals surface area (Å²) in [5.41, 5.74) is 9.37. The van der Waals surface area contributed by atoms with Crippen molar-refractivity contribution >= 4 is 5.82 Å². The summed E-state index contributed by atoms with van der Waals surface area (Å²) in [5, 5.41) is 14.6. The molecule has 0 spiro atoms. The molecule has 1 aromatic carbocycles. The average Bonchev–Trinajstić information content (AvgIpc) is 2.72. The first kappa shape index (κ1) is 15.6. The Morgan fingerprint density at radius 3 is 2.43 bits per heavy atom. The average molecular weight is 287 g/mol. The molecule has 114 valence electrons. The van der Waals surface area contributed by atoms with Crippen molar-refractivity contribution in [3.63, 3.8) is 0 Å². The van der Waals surface area contributed by atoms with Crippen molar-refractivity contribution in [2.24, 2.45) is 0 Å². The third kappa shape index (κ3) is 3.64. The number of rotatable bonds is 6. The van der Waals surface area contributed by atoms with Gasteiger partial charge in [-0.1, -0.05) is 30.3 Å². The van der Waals surface area contributed by atoms with Gasteiger partial charge in [0.25, 0.3) is 0 Å². The lowest BCUT2D eigenvalue weighted by Gasteiger charge is -2.22. The molecule has 0 saturated heterocycles. The number of nitrogens with zero attached hydrogens (tertiary/aromatic N) is 2. The summed E-state index contributed by atoms with van der Waals surface area (Å²) in [5.74, 6) is 0.665. The molecule has 0 saturated carbocycles. The van der Waals surface area contributed by atoms with Crippen LogP contribution in [-0.2, 0) is 6.42 Å². The van der Waals surface area contributed by atoms with E-state index < -0.39 is 6.10 Å². The number of hydrogen-bond donors (Lipinski definition) is 2. The zero-order chi connectivity index (χ0) is 15.4. The molecule has 0 radical (unpaired) electrons. The molecule has 0 bridgehead atoms. The summed E-state index contributed by atoms with van der Waals surface area (Å²) in [6.07, 6.45) is 2.39. The lowest BCUT2D eigenvalue weighted by molar-refractivity contribution is 0.117. The van der Waals surface area contributed by atoms with Crippen molar-refractivity contribution in [3.8, 4) is 0 Å². The van der Waals surface area contributed by atoms with Crippen LogP contribution in [0, 0.1) is 13.8 Å². The Balaban J connectivity index is 2.04. The third-order valence-corrected chi connectivity index (χ3v) is 4.11. The molecular weight excluding hydrogens is 262 g/mol. The first-order valence-electron chi connectivity index (χ1n) is 7.54. The molecule has 0 amide bonds. The Morgan fingerprint density at radius 1 is 1.24 bits per heavy atom. The van der Waals surface area contributed by atoms with Crippen LogP contribution in [0.2, 0.25) is 0 Å². The minimum atomic E-state index is -0.471. The Bertz CT molecular complexity index is 575. The van der Waals surface area contributed by atoms with Gasteiger partial charge >= 0.3 is 0 Å². The highest BCUT2D eigenvalue weighted by molar-refractivity contribution is 5.42. The van der Waals surface area contributed by atoms with Gasteiger partial charge in [0.05, 0.1) is 17.8 Å².